The molecule has 1 saturated carbocycles. The van der Waals surface area contributed by atoms with Gasteiger partial charge in [0.05, 0.1) is 18.4 Å². The number of aromatic nitrogens is 4. The molecule has 0 aromatic carbocycles. The number of hydrogen-bond donors (Lipinski definition) is 1. The second-order valence-corrected chi connectivity index (χ2v) is 6.45. The average molecular weight is 312 g/mol. The third-order valence-corrected chi connectivity index (χ3v) is 4.48. The number of anilines is 1. The third kappa shape index (κ3) is 2.56. The Labute approximate surface area is 134 Å². The number of carbonyl (C=O) groups is 1. The van der Waals surface area contributed by atoms with Crippen LogP contribution in [-0.2, 0) is 13.0 Å². The highest BCUT2D eigenvalue weighted by atomic mass is 16.2. The minimum Gasteiger partial charge on any atom is -0.362 e. The number of rotatable bonds is 3. The lowest BCUT2D eigenvalue weighted by atomic mass is 10.1. The highest BCUT2D eigenvalue weighted by molar-refractivity contribution is 5.92. The Hall–Kier alpha value is -2.44. The maximum Gasteiger partial charge on any atom is 0.272 e. The molecule has 0 radical (unpaired) electrons. The van der Waals surface area contributed by atoms with Crippen molar-refractivity contribution < 1.29 is 4.79 Å². The smallest absolute Gasteiger partial charge is 0.272 e. The van der Waals surface area contributed by atoms with Crippen molar-refractivity contribution in [1.82, 2.24) is 24.8 Å². The number of carbonyl (C=O) groups excluding carboxylic acids is 1. The van der Waals surface area contributed by atoms with Gasteiger partial charge < -0.3 is 14.8 Å². The maximum absolute atomic E-state index is 12.7. The number of nitrogens with zero attached hydrogens (tertiary/aromatic N) is 5. The number of amides is 1. The van der Waals surface area contributed by atoms with Gasteiger partial charge in [-0.05, 0) is 12.8 Å². The fourth-order valence-electron chi connectivity index (χ4n) is 3.06. The second kappa shape index (κ2) is 5.33. The van der Waals surface area contributed by atoms with E-state index in [-0.39, 0.29) is 5.91 Å². The molecule has 4 rings (SSSR count). The summed E-state index contributed by atoms with van der Waals surface area (Å²) in [4.78, 5) is 32.8. The van der Waals surface area contributed by atoms with Gasteiger partial charge in [0.15, 0.2) is 0 Å². The van der Waals surface area contributed by atoms with Crippen LogP contribution in [0.3, 0.4) is 0 Å². The van der Waals surface area contributed by atoms with E-state index in [1.54, 1.807) is 12.5 Å². The molecule has 3 heterocycles. The van der Waals surface area contributed by atoms with Crippen molar-refractivity contribution in [1.29, 1.82) is 0 Å². The van der Waals surface area contributed by atoms with Crippen molar-refractivity contribution in [3.8, 4) is 0 Å². The maximum atomic E-state index is 12.7. The van der Waals surface area contributed by atoms with Gasteiger partial charge in [-0.15, -0.1) is 0 Å². The molecule has 2 aromatic rings. The van der Waals surface area contributed by atoms with Gasteiger partial charge in [-0.1, -0.05) is 0 Å². The van der Waals surface area contributed by atoms with Crippen LogP contribution < -0.4 is 4.90 Å². The van der Waals surface area contributed by atoms with Crippen LogP contribution >= 0.6 is 0 Å². The van der Waals surface area contributed by atoms with Crippen molar-refractivity contribution in [2.45, 2.75) is 31.7 Å². The van der Waals surface area contributed by atoms with Crippen molar-refractivity contribution in [2.75, 3.05) is 25.5 Å². The van der Waals surface area contributed by atoms with Crippen LogP contribution in [0.4, 0.5) is 5.82 Å². The number of nitrogens with one attached hydrogen (secondary N) is 1. The van der Waals surface area contributed by atoms with Gasteiger partial charge in [0.1, 0.15) is 23.7 Å². The first-order chi connectivity index (χ1) is 11.1. The van der Waals surface area contributed by atoms with E-state index in [2.05, 4.69) is 19.9 Å². The molecule has 7 heteroatoms. The summed E-state index contributed by atoms with van der Waals surface area (Å²) in [6, 6.07) is 0. The molecule has 120 valence electrons. The van der Waals surface area contributed by atoms with E-state index in [1.807, 2.05) is 23.9 Å². The van der Waals surface area contributed by atoms with Gasteiger partial charge in [-0.3, -0.25) is 4.79 Å². The van der Waals surface area contributed by atoms with Gasteiger partial charge in [-0.25, -0.2) is 15.0 Å². The Morgan fingerprint density at radius 3 is 2.87 bits per heavy atom. The molecule has 0 spiro atoms. The fraction of sp³-hybridized carbons (Fsp3) is 0.500. The molecule has 7 nitrogen and oxygen atoms in total. The molecular formula is C16H20N6O. The Kier molecular flexibility index (Phi) is 3.28. The number of imidazole rings is 1. The lowest BCUT2D eigenvalue weighted by Gasteiger charge is -2.30. The Bertz CT molecular complexity index is 749. The highest BCUT2D eigenvalue weighted by Crippen LogP contribution is 2.38. The SMILES string of the molecule is CN(C)c1ncnc2c1CN(C(=O)c1cnc(C3CC3)[nH]1)CC2. The summed E-state index contributed by atoms with van der Waals surface area (Å²) >= 11 is 0. The van der Waals surface area contributed by atoms with E-state index in [0.29, 0.717) is 24.7 Å². The predicted molar refractivity (Wildman–Crippen MR) is 85.4 cm³/mol. The van der Waals surface area contributed by atoms with E-state index < -0.39 is 0 Å². The average Bonchev–Trinajstić information content (AvgIpc) is 3.30. The minimum atomic E-state index is 0.00334. The first-order valence-corrected chi connectivity index (χ1v) is 7.97. The van der Waals surface area contributed by atoms with Gasteiger partial charge in [0, 0.05) is 38.5 Å². The zero-order chi connectivity index (χ0) is 16.0. The van der Waals surface area contributed by atoms with E-state index in [9.17, 15) is 4.79 Å². The van der Waals surface area contributed by atoms with E-state index in [1.165, 1.54) is 12.8 Å². The zero-order valence-electron chi connectivity index (χ0n) is 13.4. The van der Waals surface area contributed by atoms with Crippen LogP contribution in [0.15, 0.2) is 12.5 Å². The second-order valence-electron chi connectivity index (χ2n) is 6.45. The van der Waals surface area contributed by atoms with Crippen molar-refractivity contribution in [3.63, 3.8) is 0 Å². The van der Waals surface area contributed by atoms with Crippen molar-refractivity contribution in [3.05, 3.63) is 35.3 Å². The third-order valence-electron chi connectivity index (χ3n) is 4.48. The monoisotopic (exact) mass is 312 g/mol. The molecule has 1 aliphatic heterocycles. The molecule has 1 amide bonds. The largest absolute Gasteiger partial charge is 0.362 e. The number of aromatic amines is 1. The Morgan fingerprint density at radius 1 is 1.30 bits per heavy atom. The molecule has 0 saturated heterocycles. The molecule has 0 bridgehead atoms. The molecule has 1 fully saturated rings. The first kappa shape index (κ1) is 14.2. The number of hydrogen-bond acceptors (Lipinski definition) is 5. The van der Waals surface area contributed by atoms with Gasteiger partial charge >= 0.3 is 0 Å². The van der Waals surface area contributed by atoms with Gasteiger partial charge in [0.25, 0.3) is 5.91 Å². The minimum absolute atomic E-state index is 0.00334. The van der Waals surface area contributed by atoms with Gasteiger partial charge in [0.2, 0.25) is 0 Å². The normalized spacial score (nSPS) is 17.0. The van der Waals surface area contributed by atoms with E-state index in [0.717, 1.165) is 29.3 Å². The predicted octanol–water partition coefficient (Wildman–Crippen LogP) is 1.34. The molecule has 2 aromatic heterocycles. The van der Waals surface area contributed by atoms with Crippen LogP contribution in [-0.4, -0.2) is 51.4 Å². The summed E-state index contributed by atoms with van der Waals surface area (Å²) in [5, 5.41) is 0. The van der Waals surface area contributed by atoms with Crippen LogP contribution in [0.25, 0.3) is 0 Å². The van der Waals surface area contributed by atoms with Gasteiger partial charge in [-0.2, -0.15) is 0 Å². The molecule has 0 unspecified atom stereocenters. The fourth-order valence-corrected chi connectivity index (χ4v) is 3.06. The number of fused-ring (bicyclic) bond motifs is 1. The summed E-state index contributed by atoms with van der Waals surface area (Å²) in [6.45, 7) is 1.22. The summed E-state index contributed by atoms with van der Waals surface area (Å²) < 4.78 is 0. The summed E-state index contributed by atoms with van der Waals surface area (Å²) in [7, 11) is 3.92. The van der Waals surface area contributed by atoms with Crippen molar-refractivity contribution >= 4 is 11.7 Å². The standard InChI is InChI=1S/C16H20N6O/c1-21(2)15-11-8-22(6-5-12(11)18-9-19-15)16(23)13-7-17-14(20-13)10-3-4-10/h7,9-10H,3-6,8H2,1-2H3,(H,17,20). The van der Waals surface area contributed by atoms with Crippen LogP contribution in [0.2, 0.25) is 0 Å². The number of H-pyrrole nitrogens is 1. The van der Waals surface area contributed by atoms with E-state index >= 15 is 0 Å². The lowest BCUT2D eigenvalue weighted by molar-refractivity contribution is 0.0728. The first-order valence-electron chi connectivity index (χ1n) is 7.97. The zero-order valence-corrected chi connectivity index (χ0v) is 13.4. The molecular weight excluding hydrogens is 292 g/mol. The summed E-state index contributed by atoms with van der Waals surface area (Å²) in [6.07, 6.45) is 6.36. The Balaban J connectivity index is 1.58. The molecule has 0 atom stereocenters. The molecule has 23 heavy (non-hydrogen) atoms. The van der Waals surface area contributed by atoms with Crippen LogP contribution in [0, 0.1) is 0 Å². The molecule has 1 N–H and O–H groups in total. The topological polar surface area (TPSA) is 78.0 Å². The molecule has 1 aliphatic carbocycles. The molecule has 2 aliphatic rings. The highest BCUT2D eigenvalue weighted by Gasteiger charge is 2.30. The van der Waals surface area contributed by atoms with Crippen LogP contribution in [0.1, 0.15) is 46.3 Å². The Morgan fingerprint density at radius 2 is 2.13 bits per heavy atom. The van der Waals surface area contributed by atoms with Crippen LogP contribution in [0.5, 0.6) is 0 Å². The van der Waals surface area contributed by atoms with Crippen molar-refractivity contribution in [2.24, 2.45) is 0 Å². The lowest BCUT2D eigenvalue weighted by Crippen LogP contribution is -2.37. The van der Waals surface area contributed by atoms with E-state index in [4.69, 9.17) is 0 Å². The summed E-state index contributed by atoms with van der Waals surface area (Å²) in [5.41, 5.74) is 2.66. The summed E-state index contributed by atoms with van der Waals surface area (Å²) in [5.74, 6) is 2.36. The quantitative estimate of drug-likeness (QED) is 0.925.